The van der Waals surface area contributed by atoms with Gasteiger partial charge < -0.3 is 5.32 Å². The van der Waals surface area contributed by atoms with Gasteiger partial charge in [0.1, 0.15) is 0 Å². The van der Waals surface area contributed by atoms with Crippen LogP contribution in [-0.2, 0) is 0 Å². The van der Waals surface area contributed by atoms with Gasteiger partial charge in [0, 0.05) is 21.2 Å². The maximum Gasteiger partial charge on any atom is 0.0406 e. The van der Waals surface area contributed by atoms with Crippen LogP contribution in [0.1, 0.15) is 39.0 Å². The molecule has 0 amide bonds. The molecular formula is C15H22ClNS. The summed E-state index contributed by atoms with van der Waals surface area (Å²) in [6.07, 6.45) is 6.61. The fourth-order valence-electron chi connectivity index (χ4n) is 2.49. The first-order valence-electron chi connectivity index (χ1n) is 6.95. The molecule has 18 heavy (non-hydrogen) atoms. The topological polar surface area (TPSA) is 12.0 Å². The van der Waals surface area contributed by atoms with Crippen LogP contribution >= 0.6 is 23.4 Å². The van der Waals surface area contributed by atoms with Gasteiger partial charge in [0.05, 0.1) is 0 Å². The summed E-state index contributed by atoms with van der Waals surface area (Å²) in [7, 11) is 0. The Morgan fingerprint density at radius 3 is 2.67 bits per heavy atom. The van der Waals surface area contributed by atoms with E-state index >= 15 is 0 Å². The van der Waals surface area contributed by atoms with Gasteiger partial charge in [0.15, 0.2) is 0 Å². The fraction of sp³-hybridized carbons (Fsp3) is 0.600. The van der Waals surface area contributed by atoms with Crippen molar-refractivity contribution in [3.63, 3.8) is 0 Å². The highest BCUT2D eigenvalue weighted by Crippen LogP contribution is 2.34. The van der Waals surface area contributed by atoms with Crippen molar-refractivity contribution in [1.82, 2.24) is 5.32 Å². The average molecular weight is 284 g/mol. The van der Waals surface area contributed by atoms with Crippen molar-refractivity contribution in [3.8, 4) is 0 Å². The highest BCUT2D eigenvalue weighted by atomic mass is 35.5. The van der Waals surface area contributed by atoms with E-state index in [2.05, 4.69) is 24.4 Å². The highest BCUT2D eigenvalue weighted by molar-refractivity contribution is 8.00. The van der Waals surface area contributed by atoms with Crippen molar-refractivity contribution >= 4 is 23.4 Å². The summed E-state index contributed by atoms with van der Waals surface area (Å²) in [6.45, 7) is 3.37. The van der Waals surface area contributed by atoms with Crippen molar-refractivity contribution in [2.24, 2.45) is 0 Å². The van der Waals surface area contributed by atoms with Crippen molar-refractivity contribution in [2.75, 3.05) is 6.54 Å². The number of halogens is 1. The van der Waals surface area contributed by atoms with E-state index in [0.717, 1.165) is 11.6 Å². The van der Waals surface area contributed by atoms with Gasteiger partial charge in [0.25, 0.3) is 0 Å². The Hall–Kier alpha value is -0.180. The van der Waals surface area contributed by atoms with Crippen LogP contribution in [0.2, 0.25) is 5.02 Å². The van der Waals surface area contributed by atoms with Gasteiger partial charge >= 0.3 is 0 Å². The lowest BCUT2D eigenvalue weighted by Crippen LogP contribution is -2.40. The monoisotopic (exact) mass is 283 g/mol. The highest BCUT2D eigenvalue weighted by Gasteiger charge is 2.25. The summed E-state index contributed by atoms with van der Waals surface area (Å²) in [5, 5.41) is 5.24. The molecule has 1 N–H and O–H groups in total. The van der Waals surface area contributed by atoms with Crippen molar-refractivity contribution < 1.29 is 0 Å². The van der Waals surface area contributed by atoms with Gasteiger partial charge in [-0.05, 0) is 50.1 Å². The molecule has 0 spiro atoms. The molecule has 2 atom stereocenters. The number of nitrogens with one attached hydrogen (secondary N) is 1. The molecule has 0 aliphatic heterocycles. The van der Waals surface area contributed by atoms with E-state index in [1.165, 1.54) is 37.0 Å². The molecule has 0 saturated heterocycles. The lowest BCUT2D eigenvalue weighted by atomic mass is 9.95. The van der Waals surface area contributed by atoms with Gasteiger partial charge in [-0.15, -0.1) is 11.8 Å². The van der Waals surface area contributed by atoms with E-state index in [4.69, 9.17) is 11.6 Å². The minimum Gasteiger partial charge on any atom is -0.313 e. The van der Waals surface area contributed by atoms with E-state index in [9.17, 15) is 0 Å². The maximum absolute atomic E-state index is 5.93. The first-order chi connectivity index (χ1) is 8.79. The molecule has 1 aliphatic rings. The first kappa shape index (κ1) is 14.2. The third kappa shape index (κ3) is 4.18. The number of hydrogen-bond acceptors (Lipinski definition) is 2. The van der Waals surface area contributed by atoms with Crippen LogP contribution < -0.4 is 5.32 Å². The Labute approximate surface area is 120 Å². The number of thioether (sulfide) groups is 1. The molecule has 1 nitrogen and oxygen atoms in total. The molecule has 1 aromatic rings. The summed E-state index contributed by atoms with van der Waals surface area (Å²) in [5.74, 6) is 0. The molecule has 0 bridgehead atoms. The molecular weight excluding hydrogens is 262 g/mol. The molecule has 1 aliphatic carbocycles. The quantitative estimate of drug-likeness (QED) is 0.837. The second kappa shape index (κ2) is 7.42. The molecule has 0 radical (unpaired) electrons. The predicted molar refractivity (Wildman–Crippen MR) is 81.6 cm³/mol. The largest absolute Gasteiger partial charge is 0.313 e. The lowest BCUT2D eigenvalue weighted by molar-refractivity contribution is 0.384. The molecule has 1 fully saturated rings. The van der Waals surface area contributed by atoms with Crippen LogP contribution in [0.4, 0.5) is 0 Å². The maximum atomic E-state index is 5.93. The van der Waals surface area contributed by atoms with Crippen molar-refractivity contribution in [3.05, 3.63) is 29.3 Å². The first-order valence-corrected chi connectivity index (χ1v) is 8.21. The zero-order valence-corrected chi connectivity index (χ0v) is 12.6. The Morgan fingerprint density at radius 1 is 1.22 bits per heavy atom. The lowest BCUT2D eigenvalue weighted by Gasteiger charge is -2.32. The van der Waals surface area contributed by atoms with Gasteiger partial charge in [-0.3, -0.25) is 0 Å². The van der Waals surface area contributed by atoms with Crippen LogP contribution in [0.3, 0.4) is 0 Å². The van der Waals surface area contributed by atoms with Crippen molar-refractivity contribution in [1.29, 1.82) is 0 Å². The Bertz CT molecular complexity index is 352. The molecule has 1 saturated carbocycles. The predicted octanol–water partition coefficient (Wildman–Crippen LogP) is 4.74. The minimum atomic E-state index is 0.680. The van der Waals surface area contributed by atoms with Gasteiger partial charge in [-0.25, -0.2) is 0 Å². The summed E-state index contributed by atoms with van der Waals surface area (Å²) in [4.78, 5) is 1.34. The molecule has 0 heterocycles. The van der Waals surface area contributed by atoms with Crippen LogP contribution in [0, 0.1) is 0 Å². The van der Waals surface area contributed by atoms with E-state index in [1.807, 2.05) is 23.9 Å². The van der Waals surface area contributed by atoms with E-state index < -0.39 is 0 Å². The molecule has 1 aromatic carbocycles. The molecule has 100 valence electrons. The van der Waals surface area contributed by atoms with Crippen LogP contribution in [-0.4, -0.2) is 17.8 Å². The summed E-state index contributed by atoms with van der Waals surface area (Å²) >= 11 is 7.94. The standard InChI is InChI=1S/C15H22ClNS/c1-2-11-17-14-5-3-4-6-15(14)18-13-9-7-12(16)8-10-13/h7-10,14-15,17H,2-6,11H2,1H3. The van der Waals surface area contributed by atoms with E-state index in [-0.39, 0.29) is 0 Å². The normalized spacial score (nSPS) is 24.1. The van der Waals surface area contributed by atoms with Gasteiger partial charge in [0.2, 0.25) is 0 Å². The number of benzene rings is 1. The Kier molecular flexibility index (Phi) is 5.87. The zero-order chi connectivity index (χ0) is 12.8. The Balaban J connectivity index is 1.94. The second-order valence-corrected chi connectivity index (χ2v) is 6.70. The summed E-state index contributed by atoms with van der Waals surface area (Å²) < 4.78 is 0. The number of rotatable bonds is 5. The van der Waals surface area contributed by atoms with Crippen LogP contribution in [0.5, 0.6) is 0 Å². The average Bonchev–Trinajstić information content (AvgIpc) is 2.40. The van der Waals surface area contributed by atoms with E-state index in [1.54, 1.807) is 0 Å². The SMILES string of the molecule is CCCNC1CCCCC1Sc1ccc(Cl)cc1. The fourth-order valence-corrected chi connectivity index (χ4v) is 3.94. The van der Waals surface area contributed by atoms with E-state index in [0.29, 0.717) is 11.3 Å². The second-order valence-electron chi connectivity index (χ2n) is 4.96. The van der Waals surface area contributed by atoms with Crippen LogP contribution in [0.25, 0.3) is 0 Å². The molecule has 2 rings (SSSR count). The third-order valence-electron chi connectivity index (χ3n) is 3.46. The van der Waals surface area contributed by atoms with Crippen molar-refractivity contribution in [2.45, 2.75) is 55.2 Å². The van der Waals surface area contributed by atoms with Gasteiger partial charge in [-0.1, -0.05) is 31.4 Å². The van der Waals surface area contributed by atoms with Gasteiger partial charge in [-0.2, -0.15) is 0 Å². The molecule has 0 aromatic heterocycles. The zero-order valence-electron chi connectivity index (χ0n) is 11.0. The molecule has 3 heteroatoms. The number of hydrogen-bond donors (Lipinski definition) is 1. The van der Waals surface area contributed by atoms with Crippen LogP contribution in [0.15, 0.2) is 29.2 Å². The summed E-state index contributed by atoms with van der Waals surface area (Å²) in [6, 6.07) is 8.93. The Morgan fingerprint density at radius 2 is 1.94 bits per heavy atom. The summed E-state index contributed by atoms with van der Waals surface area (Å²) in [5.41, 5.74) is 0. The third-order valence-corrected chi connectivity index (χ3v) is 5.12. The minimum absolute atomic E-state index is 0.680. The molecule has 2 unspecified atom stereocenters. The smallest absolute Gasteiger partial charge is 0.0406 e.